The van der Waals surface area contributed by atoms with E-state index in [-0.39, 0.29) is 11.3 Å². The fourth-order valence-corrected chi connectivity index (χ4v) is 1.83. The molecule has 0 fully saturated rings. The van der Waals surface area contributed by atoms with E-state index in [0.29, 0.717) is 11.9 Å². The van der Waals surface area contributed by atoms with Gasteiger partial charge in [0.2, 0.25) is 11.2 Å². The van der Waals surface area contributed by atoms with Crippen LogP contribution in [0, 0.1) is 6.92 Å². The van der Waals surface area contributed by atoms with Gasteiger partial charge in [-0.3, -0.25) is 0 Å². The molecule has 0 amide bonds. The number of aryl methyl sites for hydroxylation is 1. The molecule has 1 heterocycles. The first-order valence-electron chi connectivity index (χ1n) is 6.37. The van der Waals surface area contributed by atoms with Gasteiger partial charge >= 0.3 is 6.01 Å². The zero-order valence-corrected chi connectivity index (χ0v) is 12.7. The standard InChI is InChI=1S/C14H17ClN4O/c1-8(2)10-6-5-9(3)11(7-10)20-14-18-12(15)17-13(16-4)19-14/h5-8H,1-4H3,(H,16,17,18,19). The van der Waals surface area contributed by atoms with E-state index in [4.69, 9.17) is 16.3 Å². The normalized spacial score (nSPS) is 10.7. The van der Waals surface area contributed by atoms with Gasteiger partial charge in [0, 0.05) is 7.05 Å². The first kappa shape index (κ1) is 14.5. The Bertz CT molecular complexity index is 616. The molecule has 1 N–H and O–H groups in total. The molecule has 106 valence electrons. The molecule has 20 heavy (non-hydrogen) atoms. The van der Waals surface area contributed by atoms with Crippen LogP contribution < -0.4 is 10.1 Å². The summed E-state index contributed by atoms with van der Waals surface area (Å²) in [5.74, 6) is 1.52. The number of anilines is 1. The summed E-state index contributed by atoms with van der Waals surface area (Å²) in [6, 6.07) is 6.29. The largest absolute Gasteiger partial charge is 0.424 e. The van der Waals surface area contributed by atoms with Crippen molar-refractivity contribution in [2.45, 2.75) is 26.7 Å². The molecule has 1 aromatic heterocycles. The quantitative estimate of drug-likeness (QED) is 0.929. The van der Waals surface area contributed by atoms with Gasteiger partial charge in [0.15, 0.2) is 0 Å². The Labute approximate surface area is 123 Å². The van der Waals surface area contributed by atoms with Crippen molar-refractivity contribution < 1.29 is 4.74 Å². The molecule has 0 radical (unpaired) electrons. The van der Waals surface area contributed by atoms with Crippen LogP contribution >= 0.6 is 11.6 Å². The van der Waals surface area contributed by atoms with Crippen molar-refractivity contribution in [1.29, 1.82) is 0 Å². The second-order valence-corrected chi connectivity index (χ2v) is 5.08. The summed E-state index contributed by atoms with van der Waals surface area (Å²) in [6.45, 7) is 6.24. The topological polar surface area (TPSA) is 59.9 Å². The molecular weight excluding hydrogens is 276 g/mol. The second-order valence-electron chi connectivity index (χ2n) is 4.74. The van der Waals surface area contributed by atoms with E-state index in [1.54, 1.807) is 7.05 Å². The predicted molar refractivity (Wildman–Crippen MR) is 79.7 cm³/mol. The van der Waals surface area contributed by atoms with Gasteiger partial charge in [-0.05, 0) is 41.6 Å². The fourth-order valence-electron chi connectivity index (χ4n) is 1.67. The molecule has 1 aromatic carbocycles. The zero-order valence-electron chi connectivity index (χ0n) is 11.9. The summed E-state index contributed by atoms with van der Waals surface area (Å²) in [5.41, 5.74) is 2.21. The lowest BCUT2D eigenvalue weighted by Gasteiger charge is -2.11. The van der Waals surface area contributed by atoms with Gasteiger partial charge in [-0.15, -0.1) is 0 Å². The lowest BCUT2D eigenvalue weighted by molar-refractivity contribution is 0.436. The summed E-state index contributed by atoms with van der Waals surface area (Å²) in [5, 5.41) is 2.91. The highest BCUT2D eigenvalue weighted by Crippen LogP contribution is 2.27. The van der Waals surface area contributed by atoms with Crippen molar-refractivity contribution in [3.63, 3.8) is 0 Å². The summed E-state index contributed by atoms with van der Waals surface area (Å²) in [4.78, 5) is 12.0. The number of rotatable bonds is 4. The van der Waals surface area contributed by atoms with Crippen LogP contribution in [0.5, 0.6) is 11.8 Å². The zero-order chi connectivity index (χ0) is 14.7. The third-order valence-electron chi connectivity index (χ3n) is 2.89. The molecule has 0 atom stereocenters. The maximum atomic E-state index is 5.83. The Morgan fingerprint density at radius 1 is 1.20 bits per heavy atom. The van der Waals surface area contributed by atoms with E-state index in [1.807, 2.05) is 19.1 Å². The second kappa shape index (κ2) is 6.05. The van der Waals surface area contributed by atoms with Crippen LogP contribution in [0.2, 0.25) is 5.28 Å². The van der Waals surface area contributed by atoms with Gasteiger partial charge in [0.05, 0.1) is 0 Å². The first-order valence-corrected chi connectivity index (χ1v) is 6.75. The van der Waals surface area contributed by atoms with Crippen molar-refractivity contribution in [1.82, 2.24) is 15.0 Å². The van der Waals surface area contributed by atoms with E-state index in [1.165, 1.54) is 5.56 Å². The number of halogens is 1. The molecule has 0 saturated heterocycles. The highest BCUT2D eigenvalue weighted by atomic mass is 35.5. The van der Waals surface area contributed by atoms with Crippen molar-refractivity contribution in [3.8, 4) is 11.8 Å². The average molecular weight is 293 g/mol. The highest BCUT2D eigenvalue weighted by Gasteiger charge is 2.10. The van der Waals surface area contributed by atoms with Crippen LogP contribution in [0.25, 0.3) is 0 Å². The van der Waals surface area contributed by atoms with Crippen LogP contribution in [0.1, 0.15) is 30.9 Å². The molecular formula is C14H17ClN4O. The molecule has 0 aliphatic rings. The summed E-state index contributed by atoms with van der Waals surface area (Å²) in [7, 11) is 1.71. The molecule has 2 rings (SSSR count). The number of hydrogen-bond donors (Lipinski definition) is 1. The average Bonchev–Trinajstić information content (AvgIpc) is 2.40. The minimum absolute atomic E-state index is 0.0945. The molecule has 0 saturated carbocycles. The van der Waals surface area contributed by atoms with Gasteiger partial charge in [0.1, 0.15) is 5.75 Å². The molecule has 0 aliphatic heterocycles. The molecule has 0 spiro atoms. The Morgan fingerprint density at radius 2 is 1.95 bits per heavy atom. The van der Waals surface area contributed by atoms with E-state index in [9.17, 15) is 0 Å². The van der Waals surface area contributed by atoms with E-state index in [2.05, 4.69) is 40.2 Å². The number of ether oxygens (including phenoxy) is 1. The first-order chi connectivity index (χ1) is 9.49. The number of hydrogen-bond acceptors (Lipinski definition) is 5. The van der Waals surface area contributed by atoms with Crippen molar-refractivity contribution in [3.05, 3.63) is 34.6 Å². The third kappa shape index (κ3) is 3.36. The molecule has 0 unspecified atom stereocenters. The van der Waals surface area contributed by atoms with Gasteiger partial charge < -0.3 is 10.1 Å². The Kier molecular flexibility index (Phi) is 4.39. The van der Waals surface area contributed by atoms with Gasteiger partial charge in [-0.25, -0.2) is 0 Å². The summed E-state index contributed by atoms with van der Waals surface area (Å²) in [6.07, 6.45) is 0. The van der Waals surface area contributed by atoms with Crippen molar-refractivity contribution in [2.75, 3.05) is 12.4 Å². The van der Waals surface area contributed by atoms with Gasteiger partial charge in [-0.2, -0.15) is 15.0 Å². The Balaban J connectivity index is 2.34. The van der Waals surface area contributed by atoms with E-state index in [0.717, 1.165) is 11.3 Å². The predicted octanol–water partition coefficient (Wildman–Crippen LogP) is 3.79. The number of nitrogens with zero attached hydrogens (tertiary/aromatic N) is 3. The van der Waals surface area contributed by atoms with Crippen LogP contribution in [0.15, 0.2) is 18.2 Å². The summed E-state index contributed by atoms with van der Waals surface area (Å²) >= 11 is 5.83. The van der Waals surface area contributed by atoms with Crippen LogP contribution in [-0.2, 0) is 0 Å². The number of nitrogens with one attached hydrogen (secondary N) is 1. The molecule has 2 aromatic rings. The maximum absolute atomic E-state index is 5.83. The highest BCUT2D eigenvalue weighted by molar-refractivity contribution is 6.28. The minimum Gasteiger partial charge on any atom is -0.424 e. The van der Waals surface area contributed by atoms with Crippen molar-refractivity contribution in [2.24, 2.45) is 0 Å². The van der Waals surface area contributed by atoms with E-state index >= 15 is 0 Å². The third-order valence-corrected chi connectivity index (χ3v) is 3.06. The van der Waals surface area contributed by atoms with Gasteiger partial charge in [-0.1, -0.05) is 26.0 Å². The Hall–Kier alpha value is -1.88. The van der Waals surface area contributed by atoms with Crippen LogP contribution in [-0.4, -0.2) is 22.0 Å². The van der Waals surface area contributed by atoms with Crippen LogP contribution in [0.3, 0.4) is 0 Å². The molecule has 0 aliphatic carbocycles. The lowest BCUT2D eigenvalue weighted by Crippen LogP contribution is -2.02. The molecule has 0 bridgehead atoms. The summed E-state index contributed by atoms with van der Waals surface area (Å²) < 4.78 is 5.74. The lowest BCUT2D eigenvalue weighted by atomic mass is 10.0. The van der Waals surface area contributed by atoms with Gasteiger partial charge in [0.25, 0.3) is 0 Å². The van der Waals surface area contributed by atoms with Crippen molar-refractivity contribution >= 4 is 17.5 Å². The SMILES string of the molecule is CNc1nc(Cl)nc(Oc2cc(C(C)C)ccc2C)n1. The Morgan fingerprint density at radius 3 is 2.60 bits per heavy atom. The maximum Gasteiger partial charge on any atom is 0.328 e. The smallest absolute Gasteiger partial charge is 0.328 e. The fraction of sp³-hybridized carbons (Fsp3) is 0.357. The minimum atomic E-state index is 0.0945. The van der Waals surface area contributed by atoms with E-state index < -0.39 is 0 Å². The van der Waals surface area contributed by atoms with Crippen LogP contribution in [0.4, 0.5) is 5.95 Å². The monoisotopic (exact) mass is 292 g/mol. The number of benzene rings is 1. The molecule has 5 nitrogen and oxygen atoms in total. The molecule has 6 heteroatoms. The number of aromatic nitrogens is 3.